The van der Waals surface area contributed by atoms with E-state index in [-0.39, 0.29) is 21.6 Å². The van der Waals surface area contributed by atoms with Crippen LogP contribution >= 0.6 is 23.4 Å². The van der Waals surface area contributed by atoms with Gasteiger partial charge in [0.05, 0.1) is 16.5 Å². The van der Waals surface area contributed by atoms with Gasteiger partial charge in [-0.15, -0.1) is 0 Å². The Labute approximate surface area is 122 Å². The Balaban J connectivity index is 2.53. The number of halogens is 2. The molecule has 0 amide bonds. The summed E-state index contributed by atoms with van der Waals surface area (Å²) in [5.74, 6) is -2.03. The normalized spacial score (nSPS) is 10.5. The van der Waals surface area contributed by atoms with E-state index in [4.69, 9.17) is 16.7 Å². The third-order valence-electron chi connectivity index (χ3n) is 2.29. The summed E-state index contributed by atoms with van der Waals surface area (Å²) in [5.41, 5.74) is -0.436. The van der Waals surface area contributed by atoms with Crippen molar-refractivity contribution in [1.29, 1.82) is 0 Å². The molecule has 1 heterocycles. The molecule has 0 bridgehead atoms. The van der Waals surface area contributed by atoms with Crippen LogP contribution in [-0.2, 0) is 4.79 Å². The van der Waals surface area contributed by atoms with Crippen molar-refractivity contribution in [3.8, 4) is 5.69 Å². The minimum atomic E-state index is -1.06. The van der Waals surface area contributed by atoms with Crippen LogP contribution in [0.2, 0.25) is 5.02 Å². The summed E-state index contributed by atoms with van der Waals surface area (Å²) in [7, 11) is 0. The predicted molar refractivity (Wildman–Crippen MR) is 73.2 cm³/mol. The number of carbonyl (C=O) groups is 1. The van der Waals surface area contributed by atoms with Gasteiger partial charge in [-0.1, -0.05) is 29.4 Å². The molecule has 104 valence electrons. The molecule has 0 fully saturated rings. The third kappa shape index (κ3) is 3.17. The fraction of sp³-hybridized carbons (Fsp3) is 0.0833. The lowest BCUT2D eigenvalue weighted by Crippen LogP contribution is -2.14. The monoisotopic (exact) mass is 314 g/mol. The maximum Gasteiger partial charge on any atom is 0.313 e. The number of nitrogens with zero attached hydrogens (tertiary/aromatic N) is 2. The molecule has 0 saturated carbocycles. The molecule has 0 saturated heterocycles. The van der Waals surface area contributed by atoms with E-state index in [1.807, 2.05) is 0 Å². The highest BCUT2D eigenvalue weighted by Gasteiger charge is 2.13. The molecule has 1 N–H and O–H groups in total. The molecule has 0 radical (unpaired) electrons. The number of aromatic nitrogens is 2. The number of aliphatic carboxylic acids is 1. The smallest absolute Gasteiger partial charge is 0.313 e. The molecule has 1 aromatic heterocycles. The number of carboxylic acids is 1. The largest absolute Gasteiger partial charge is 0.481 e. The Morgan fingerprint density at radius 2 is 2.20 bits per heavy atom. The van der Waals surface area contributed by atoms with Crippen LogP contribution in [0.15, 0.2) is 40.4 Å². The Hall–Kier alpha value is -1.86. The van der Waals surface area contributed by atoms with Gasteiger partial charge in [0.15, 0.2) is 11.0 Å². The molecule has 0 spiro atoms. The van der Waals surface area contributed by atoms with E-state index in [0.717, 1.165) is 17.8 Å². The Morgan fingerprint density at radius 3 is 2.90 bits per heavy atom. The van der Waals surface area contributed by atoms with E-state index >= 15 is 0 Å². The molecule has 2 aromatic rings. The van der Waals surface area contributed by atoms with Gasteiger partial charge in [0.1, 0.15) is 0 Å². The molecular weight excluding hydrogens is 307 g/mol. The minimum Gasteiger partial charge on any atom is -0.481 e. The van der Waals surface area contributed by atoms with E-state index < -0.39 is 17.3 Å². The molecule has 1 aromatic carbocycles. The second-order valence-electron chi connectivity index (χ2n) is 3.67. The minimum absolute atomic E-state index is 0.0737. The number of benzene rings is 1. The van der Waals surface area contributed by atoms with Crippen LogP contribution in [0.5, 0.6) is 0 Å². The quantitative estimate of drug-likeness (QED) is 0.692. The van der Waals surface area contributed by atoms with Crippen LogP contribution < -0.4 is 5.56 Å². The van der Waals surface area contributed by atoms with Crippen LogP contribution in [0.4, 0.5) is 4.39 Å². The summed E-state index contributed by atoms with van der Waals surface area (Å²) in [5, 5.41) is 8.68. The number of thioether (sulfide) groups is 1. The zero-order chi connectivity index (χ0) is 14.7. The lowest BCUT2D eigenvalue weighted by atomic mass is 10.3. The number of carboxylic acid groups (broad SMARTS) is 1. The standard InChI is InChI=1S/C12H8ClFN2O3S/c13-7-2-1-3-8(11(7)14)16-5-4-9(17)15-12(16)20-6-10(18)19/h1-5H,6H2,(H,18,19). The molecule has 0 aliphatic rings. The van der Waals surface area contributed by atoms with Crippen LogP contribution in [0.3, 0.4) is 0 Å². The summed E-state index contributed by atoms with van der Waals surface area (Å²) >= 11 is 6.52. The molecule has 0 aliphatic heterocycles. The van der Waals surface area contributed by atoms with Gasteiger partial charge in [-0.2, -0.15) is 4.98 Å². The first-order chi connectivity index (χ1) is 9.49. The van der Waals surface area contributed by atoms with Crippen molar-refractivity contribution in [3.63, 3.8) is 0 Å². The van der Waals surface area contributed by atoms with Crippen LogP contribution in [-0.4, -0.2) is 26.4 Å². The zero-order valence-electron chi connectivity index (χ0n) is 9.92. The highest BCUT2D eigenvalue weighted by Crippen LogP contribution is 2.24. The van der Waals surface area contributed by atoms with Crippen molar-refractivity contribution in [2.75, 3.05) is 5.75 Å². The second-order valence-corrected chi connectivity index (χ2v) is 5.02. The van der Waals surface area contributed by atoms with Gasteiger partial charge >= 0.3 is 5.97 Å². The predicted octanol–water partition coefficient (Wildman–Crippen LogP) is 2.20. The first-order valence-electron chi connectivity index (χ1n) is 5.37. The average Bonchev–Trinajstić information content (AvgIpc) is 2.40. The summed E-state index contributed by atoms with van der Waals surface area (Å²) < 4.78 is 15.3. The second kappa shape index (κ2) is 6.06. The molecule has 20 heavy (non-hydrogen) atoms. The van der Waals surface area contributed by atoms with Gasteiger partial charge in [0, 0.05) is 12.3 Å². The number of hydrogen-bond acceptors (Lipinski definition) is 4. The molecule has 0 aliphatic carbocycles. The topological polar surface area (TPSA) is 72.2 Å². The summed E-state index contributed by atoms with van der Waals surface area (Å²) in [6.45, 7) is 0. The molecule has 0 unspecified atom stereocenters. The van der Waals surface area contributed by atoms with Gasteiger partial charge in [-0.3, -0.25) is 14.2 Å². The van der Waals surface area contributed by atoms with Gasteiger partial charge in [0.25, 0.3) is 5.56 Å². The SMILES string of the molecule is O=C(O)CSc1nc(=O)ccn1-c1cccc(Cl)c1F. The molecular formula is C12H8ClFN2O3S. The van der Waals surface area contributed by atoms with Gasteiger partial charge in [-0.05, 0) is 12.1 Å². The highest BCUT2D eigenvalue weighted by atomic mass is 35.5. The van der Waals surface area contributed by atoms with E-state index in [0.29, 0.717) is 0 Å². The first kappa shape index (κ1) is 14.5. The van der Waals surface area contributed by atoms with Crippen molar-refractivity contribution in [1.82, 2.24) is 9.55 Å². The van der Waals surface area contributed by atoms with E-state index in [2.05, 4.69) is 4.98 Å². The third-order valence-corrected chi connectivity index (χ3v) is 3.52. The fourth-order valence-corrected chi connectivity index (χ4v) is 2.35. The Kier molecular flexibility index (Phi) is 4.41. The van der Waals surface area contributed by atoms with Crippen LogP contribution in [0.1, 0.15) is 0 Å². The Morgan fingerprint density at radius 1 is 1.45 bits per heavy atom. The highest BCUT2D eigenvalue weighted by molar-refractivity contribution is 7.99. The van der Waals surface area contributed by atoms with Crippen molar-refractivity contribution in [2.45, 2.75) is 5.16 Å². The van der Waals surface area contributed by atoms with Gasteiger partial charge in [-0.25, -0.2) is 4.39 Å². The molecule has 2 rings (SSSR count). The van der Waals surface area contributed by atoms with E-state index in [1.54, 1.807) is 6.07 Å². The maximum absolute atomic E-state index is 14.0. The average molecular weight is 315 g/mol. The number of hydrogen-bond donors (Lipinski definition) is 1. The lowest BCUT2D eigenvalue weighted by molar-refractivity contribution is -0.133. The lowest BCUT2D eigenvalue weighted by Gasteiger charge is -2.12. The summed E-state index contributed by atoms with van der Waals surface area (Å²) in [4.78, 5) is 25.6. The van der Waals surface area contributed by atoms with E-state index in [9.17, 15) is 14.0 Å². The van der Waals surface area contributed by atoms with Crippen molar-refractivity contribution >= 4 is 29.3 Å². The molecule has 8 heteroatoms. The van der Waals surface area contributed by atoms with Crippen LogP contribution in [0, 0.1) is 5.82 Å². The fourth-order valence-electron chi connectivity index (χ4n) is 1.48. The van der Waals surface area contributed by atoms with Gasteiger partial charge in [0.2, 0.25) is 0 Å². The number of rotatable bonds is 4. The zero-order valence-corrected chi connectivity index (χ0v) is 11.5. The van der Waals surface area contributed by atoms with Crippen molar-refractivity contribution in [2.24, 2.45) is 0 Å². The first-order valence-corrected chi connectivity index (χ1v) is 6.74. The Bertz CT molecular complexity index is 720. The van der Waals surface area contributed by atoms with Crippen molar-refractivity contribution < 1.29 is 14.3 Å². The maximum atomic E-state index is 14.0. The molecule has 5 nitrogen and oxygen atoms in total. The van der Waals surface area contributed by atoms with Gasteiger partial charge < -0.3 is 5.11 Å². The van der Waals surface area contributed by atoms with Crippen molar-refractivity contribution in [3.05, 3.63) is 51.7 Å². The van der Waals surface area contributed by atoms with E-state index in [1.165, 1.54) is 22.9 Å². The molecule has 0 atom stereocenters. The van der Waals surface area contributed by atoms with Crippen LogP contribution in [0.25, 0.3) is 5.69 Å². The summed E-state index contributed by atoms with van der Waals surface area (Å²) in [6.07, 6.45) is 1.33. The summed E-state index contributed by atoms with van der Waals surface area (Å²) in [6, 6.07) is 5.55.